The fourth-order valence-electron chi connectivity index (χ4n) is 3.48. The zero-order valence-electron chi connectivity index (χ0n) is 18.1. The van der Waals surface area contributed by atoms with Crippen molar-refractivity contribution in [2.24, 2.45) is 0 Å². The predicted molar refractivity (Wildman–Crippen MR) is 125 cm³/mol. The van der Waals surface area contributed by atoms with Crippen LogP contribution in [0.1, 0.15) is 23.6 Å². The summed E-state index contributed by atoms with van der Waals surface area (Å²) in [6, 6.07) is 16.0. The number of aryl methyl sites for hydroxylation is 2. The standard InChI is InChI=1S/C24H22N6O2S/c1-17-20(11-14-31-17)23-27-28-24(30(23)16-18-6-3-2-4-7-18)33-15-5-8-21-26-22(29-32-21)19-9-12-25-13-10-19/h2-4,6-7,9-14H,5,8,15-16H2,1H3. The van der Waals surface area contributed by atoms with Crippen LogP contribution in [0.25, 0.3) is 22.8 Å². The second-order valence-corrected chi connectivity index (χ2v) is 8.53. The van der Waals surface area contributed by atoms with Crippen LogP contribution in [0.2, 0.25) is 0 Å². The third-order valence-electron chi connectivity index (χ3n) is 5.17. The molecule has 0 atom stereocenters. The van der Waals surface area contributed by atoms with Gasteiger partial charge in [-0.15, -0.1) is 10.2 Å². The molecule has 5 rings (SSSR count). The van der Waals surface area contributed by atoms with E-state index in [2.05, 4.69) is 42.0 Å². The van der Waals surface area contributed by atoms with Crippen molar-refractivity contribution >= 4 is 11.8 Å². The summed E-state index contributed by atoms with van der Waals surface area (Å²) in [5, 5.41) is 13.9. The van der Waals surface area contributed by atoms with Crippen LogP contribution in [0.5, 0.6) is 0 Å². The molecule has 166 valence electrons. The normalized spacial score (nSPS) is 11.2. The topological polar surface area (TPSA) is 95.7 Å². The van der Waals surface area contributed by atoms with Gasteiger partial charge in [-0.05, 0) is 37.1 Å². The highest BCUT2D eigenvalue weighted by Gasteiger charge is 2.18. The Morgan fingerprint density at radius 2 is 1.85 bits per heavy atom. The van der Waals surface area contributed by atoms with Gasteiger partial charge >= 0.3 is 0 Å². The van der Waals surface area contributed by atoms with E-state index >= 15 is 0 Å². The molecule has 0 radical (unpaired) electrons. The molecule has 8 nitrogen and oxygen atoms in total. The van der Waals surface area contributed by atoms with Crippen LogP contribution in [0.4, 0.5) is 0 Å². The first kappa shape index (κ1) is 21.1. The lowest BCUT2D eigenvalue weighted by atomic mass is 10.2. The Hall–Kier alpha value is -3.72. The molecule has 0 spiro atoms. The van der Waals surface area contributed by atoms with Crippen molar-refractivity contribution in [2.75, 3.05) is 5.75 Å². The molecule has 4 heterocycles. The minimum Gasteiger partial charge on any atom is -0.469 e. The van der Waals surface area contributed by atoms with E-state index in [0.717, 1.165) is 40.0 Å². The molecular formula is C24H22N6O2S. The van der Waals surface area contributed by atoms with E-state index in [1.807, 2.05) is 43.3 Å². The van der Waals surface area contributed by atoms with E-state index < -0.39 is 0 Å². The van der Waals surface area contributed by atoms with Crippen molar-refractivity contribution in [2.45, 2.75) is 31.5 Å². The number of nitrogens with zero attached hydrogens (tertiary/aromatic N) is 6. The Kier molecular flexibility index (Phi) is 6.30. The minimum atomic E-state index is 0.586. The molecule has 9 heteroatoms. The largest absolute Gasteiger partial charge is 0.469 e. The summed E-state index contributed by atoms with van der Waals surface area (Å²) in [6.45, 7) is 2.63. The fraction of sp³-hybridized carbons (Fsp3) is 0.208. The van der Waals surface area contributed by atoms with Gasteiger partial charge < -0.3 is 8.94 Å². The average Bonchev–Trinajstić information content (AvgIpc) is 3.59. The van der Waals surface area contributed by atoms with Crippen LogP contribution in [0.15, 0.2) is 81.3 Å². The molecule has 0 fully saturated rings. The van der Waals surface area contributed by atoms with Crippen molar-refractivity contribution in [3.63, 3.8) is 0 Å². The molecule has 0 amide bonds. The third kappa shape index (κ3) is 4.88. The lowest BCUT2D eigenvalue weighted by Gasteiger charge is -2.10. The first-order valence-corrected chi connectivity index (χ1v) is 11.6. The SMILES string of the molecule is Cc1occc1-c1nnc(SCCCc2nc(-c3ccncc3)no2)n1Cc1ccccc1. The molecular weight excluding hydrogens is 436 g/mol. The second-order valence-electron chi connectivity index (χ2n) is 7.47. The highest BCUT2D eigenvalue weighted by atomic mass is 32.2. The van der Waals surface area contributed by atoms with E-state index in [1.54, 1.807) is 30.4 Å². The number of hydrogen-bond donors (Lipinski definition) is 0. The van der Waals surface area contributed by atoms with Gasteiger partial charge in [0, 0.05) is 30.1 Å². The quantitative estimate of drug-likeness (QED) is 0.223. The van der Waals surface area contributed by atoms with Gasteiger partial charge in [0.15, 0.2) is 11.0 Å². The van der Waals surface area contributed by atoms with Crippen LogP contribution >= 0.6 is 11.8 Å². The zero-order chi connectivity index (χ0) is 22.5. The maximum absolute atomic E-state index is 5.50. The van der Waals surface area contributed by atoms with Crippen molar-refractivity contribution in [1.29, 1.82) is 0 Å². The van der Waals surface area contributed by atoms with E-state index in [9.17, 15) is 0 Å². The van der Waals surface area contributed by atoms with E-state index in [4.69, 9.17) is 8.94 Å². The van der Waals surface area contributed by atoms with Gasteiger partial charge in [0.05, 0.1) is 18.4 Å². The monoisotopic (exact) mass is 458 g/mol. The average molecular weight is 459 g/mol. The van der Waals surface area contributed by atoms with Gasteiger partial charge in [-0.2, -0.15) is 4.98 Å². The number of furan rings is 1. The van der Waals surface area contributed by atoms with Crippen LogP contribution in [0.3, 0.4) is 0 Å². The van der Waals surface area contributed by atoms with E-state index in [0.29, 0.717) is 24.7 Å². The summed E-state index contributed by atoms with van der Waals surface area (Å²) in [4.78, 5) is 8.50. The van der Waals surface area contributed by atoms with E-state index in [-0.39, 0.29) is 0 Å². The number of benzene rings is 1. The Balaban J connectivity index is 1.26. The minimum absolute atomic E-state index is 0.586. The summed E-state index contributed by atoms with van der Waals surface area (Å²) in [6.07, 6.45) is 6.69. The van der Waals surface area contributed by atoms with Gasteiger partial charge in [0.2, 0.25) is 11.7 Å². The Labute approximate surface area is 195 Å². The number of rotatable bonds is 9. The Morgan fingerprint density at radius 1 is 1.00 bits per heavy atom. The van der Waals surface area contributed by atoms with Crippen molar-refractivity contribution in [1.82, 2.24) is 29.9 Å². The third-order valence-corrected chi connectivity index (χ3v) is 6.23. The summed E-state index contributed by atoms with van der Waals surface area (Å²) < 4.78 is 13.1. The van der Waals surface area contributed by atoms with Gasteiger partial charge in [-0.1, -0.05) is 47.3 Å². The van der Waals surface area contributed by atoms with Gasteiger partial charge in [0.25, 0.3) is 0 Å². The van der Waals surface area contributed by atoms with Crippen molar-refractivity contribution in [3.05, 3.63) is 84.4 Å². The molecule has 0 unspecified atom stereocenters. The smallest absolute Gasteiger partial charge is 0.226 e. The number of hydrogen-bond acceptors (Lipinski definition) is 8. The first-order valence-electron chi connectivity index (χ1n) is 10.7. The molecule has 1 aromatic carbocycles. The fourth-order valence-corrected chi connectivity index (χ4v) is 4.36. The molecule has 0 bridgehead atoms. The molecule has 0 aliphatic heterocycles. The summed E-state index contributed by atoms with van der Waals surface area (Å²) in [7, 11) is 0. The maximum Gasteiger partial charge on any atom is 0.226 e. The molecule has 33 heavy (non-hydrogen) atoms. The van der Waals surface area contributed by atoms with Gasteiger partial charge in [0.1, 0.15) is 5.76 Å². The predicted octanol–water partition coefficient (Wildman–Crippen LogP) is 5.06. The van der Waals surface area contributed by atoms with Gasteiger partial charge in [-0.25, -0.2) is 0 Å². The lowest BCUT2D eigenvalue weighted by molar-refractivity contribution is 0.378. The summed E-state index contributed by atoms with van der Waals surface area (Å²) >= 11 is 1.67. The molecule has 4 aromatic heterocycles. The molecule has 0 aliphatic carbocycles. The molecule has 0 aliphatic rings. The summed E-state index contributed by atoms with van der Waals surface area (Å²) in [5.74, 6) is 3.70. The lowest BCUT2D eigenvalue weighted by Crippen LogP contribution is -2.04. The number of pyridine rings is 1. The second kappa shape index (κ2) is 9.83. The molecule has 0 saturated carbocycles. The van der Waals surface area contributed by atoms with Gasteiger partial charge in [-0.3, -0.25) is 9.55 Å². The molecule has 0 saturated heterocycles. The maximum atomic E-state index is 5.50. The Bertz CT molecular complexity index is 1310. The van der Waals surface area contributed by atoms with Crippen molar-refractivity contribution in [3.8, 4) is 22.8 Å². The van der Waals surface area contributed by atoms with Crippen LogP contribution in [-0.2, 0) is 13.0 Å². The molecule has 5 aromatic rings. The van der Waals surface area contributed by atoms with Crippen LogP contribution < -0.4 is 0 Å². The highest BCUT2D eigenvalue weighted by molar-refractivity contribution is 7.99. The van der Waals surface area contributed by atoms with E-state index in [1.165, 1.54) is 5.56 Å². The van der Waals surface area contributed by atoms with Crippen LogP contribution in [-0.4, -0.2) is 35.6 Å². The highest BCUT2D eigenvalue weighted by Crippen LogP contribution is 2.28. The zero-order valence-corrected chi connectivity index (χ0v) is 18.9. The first-order chi connectivity index (χ1) is 16.3. The van der Waals surface area contributed by atoms with Crippen LogP contribution in [0, 0.1) is 6.92 Å². The number of aromatic nitrogens is 6. The molecule has 0 N–H and O–H groups in total. The van der Waals surface area contributed by atoms with Crippen molar-refractivity contribution < 1.29 is 8.94 Å². The Morgan fingerprint density at radius 3 is 2.64 bits per heavy atom. The summed E-state index contributed by atoms with van der Waals surface area (Å²) in [5.41, 5.74) is 3.04. The number of thioether (sulfide) groups is 1.